The number of aromatic nitrogens is 1. The van der Waals surface area contributed by atoms with Gasteiger partial charge in [0, 0.05) is 66.8 Å². The summed E-state index contributed by atoms with van der Waals surface area (Å²) in [6.45, 7) is 7.45. The summed E-state index contributed by atoms with van der Waals surface area (Å²) in [5.41, 5.74) is 2.14. The molecule has 0 amide bonds. The molecule has 0 aliphatic rings. The SMILES string of the molecule is Cc1cc(CO)c2c(c1)c(=O)c(C)cn2C(=O)OCC(C)C.[Ac]. The predicted molar refractivity (Wildman–Crippen MR) is 85.2 cm³/mol. The molecule has 1 aromatic carbocycles. The first kappa shape index (κ1) is 20.3. The molecule has 1 aromatic heterocycles. The van der Waals surface area contributed by atoms with Gasteiger partial charge >= 0.3 is 6.09 Å². The Labute approximate surface area is 171 Å². The molecule has 0 aliphatic carbocycles. The van der Waals surface area contributed by atoms with Crippen molar-refractivity contribution < 1.29 is 58.7 Å². The third-order valence-electron chi connectivity index (χ3n) is 3.41. The Balaban J connectivity index is 0.00000264. The second-order valence-electron chi connectivity index (χ2n) is 5.96. The van der Waals surface area contributed by atoms with E-state index in [-0.39, 0.29) is 62.0 Å². The quantitative estimate of drug-likeness (QED) is 0.663. The predicted octanol–water partition coefficient (Wildman–Crippen LogP) is 2.75. The number of fused-ring (bicyclic) bond motifs is 1. The van der Waals surface area contributed by atoms with Crippen molar-refractivity contribution in [2.24, 2.45) is 5.92 Å². The van der Waals surface area contributed by atoms with E-state index < -0.39 is 6.09 Å². The van der Waals surface area contributed by atoms with E-state index >= 15 is 0 Å². The molecule has 1 N–H and O–H groups in total. The molecule has 0 fully saturated rings. The van der Waals surface area contributed by atoms with Crippen molar-refractivity contribution in [1.82, 2.24) is 4.57 Å². The maximum Gasteiger partial charge on any atom is 0.418 e. The van der Waals surface area contributed by atoms with Crippen LogP contribution in [0.1, 0.15) is 30.5 Å². The molecule has 0 aliphatic heterocycles. The smallest absolute Gasteiger partial charge is 0.418 e. The van der Waals surface area contributed by atoms with Crippen molar-refractivity contribution in [2.75, 3.05) is 6.61 Å². The number of pyridine rings is 1. The number of benzene rings is 1. The molecule has 0 saturated heterocycles. The second-order valence-corrected chi connectivity index (χ2v) is 5.96. The summed E-state index contributed by atoms with van der Waals surface area (Å²) in [6.07, 6.45) is 0.933. The van der Waals surface area contributed by atoms with Crippen molar-refractivity contribution in [3.63, 3.8) is 0 Å². The van der Waals surface area contributed by atoms with Crippen LogP contribution >= 0.6 is 0 Å². The van der Waals surface area contributed by atoms with E-state index in [0.29, 0.717) is 28.6 Å². The fourth-order valence-corrected chi connectivity index (χ4v) is 2.41. The third-order valence-corrected chi connectivity index (χ3v) is 3.41. The molecule has 6 heteroatoms. The molecular weight excluding hydrogens is 509 g/mol. The molecule has 23 heavy (non-hydrogen) atoms. The molecule has 0 unspecified atom stereocenters. The number of hydrogen-bond donors (Lipinski definition) is 1. The van der Waals surface area contributed by atoms with Gasteiger partial charge in [0.2, 0.25) is 0 Å². The first-order chi connectivity index (χ1) is 10.3. The summed E-state index contributed by atoms with van der Waals surface area (Å²) in [5, 5.41) is 10.00. The van der Waals surface area contributed by atoms with Crippen LogP contribution in [0.2, 0.25) is 0 Å². The fraction of sp³-hybridized carbons (Fsp3) is 0.412. The Morgan fingerprint density at radius 3 is 2.52 bits per heavy atom. The van der Waals surface area contributed by atoms with Gasteiger partial charge in [-0.05, 0) is 31.4 Å². The minimum atomic E-state index is -0.541. The van der Waals surface area contributed by atoms with Crippen LogP contribution in [-0.2, 0) is 11.3 Å². The van der Waals surface area contributed by atoms with Gasteiger partial charge in [-0.2, -0.15) is 0 Å². The Morgan fingerprint density at radius 2 is 1.96 bits per heavy atom. The van der Waals surface area contributed by atoms with Crippen molar-refractivity contribution in [1.29, 1.82) is 0 Å². The average Bonchev–Trinajstić information content (AvgIpc) is 2.47. The molecule has 121 valence electrons. The number of rotatable bonds is 3. The largest absolute Gasteiger partial charge is 0.449 e. The summed E-state index contributed by atoms with van der Waals surface area (Å²) in [6, 6.07) is 3.50. The molecule has 0 bridgehead atoms. The van der Waals surface area contributed by atoms with E-state index in [2.05, 4.69) is 0 Å². The summed E-state index contributed by atoms with van der Waals surface area (Å²) in [5.74, 6) is 0.218. The molecule has 0 spiro atoms. The molecule has 5 nitrogen and oxygen atoms in total. The van der Waals surface area contributed by atoms with Gasteiger partial charge in [-0.15, -0.1) is 0 Å². The molecular formula is C17H21AcNO4. The fourth-order valence-electron chi connectivity index (χ4n) is 2.41. The Morgan fingerprint density at radius 1 is 1.30 bits per heavy atom. The van der Waals surface area contributed by atoms with Gasteiger partial charge in [-0.25, -0.2) is 4.79 Å². The number of aliphatic hydroxyl groups excluding tert-OH is 1. The van der Waals surface area contributed by atoms with Gasteiger partial charge < -0.3 is 9.84 Å². The van der Waals surface area contributed by atoms with E-state index in [1.807, 2.05) is 20.8 Å². The van der Waals surface area contributed by atoms with E-state index in [1.165, 1.54) is 10.8 Å². The molecule has 0 saturated carbocycles. The average molecular weight is 530 g/mol. The second kappa shape index (κ2) is 8.41. The van der Waals surface area contributed by atoms with E-state index in [4.69, 9.17) is 4.74 Å². The van der Waals surface area contributed by atoms with Crippen LogP contribution in [0.3, 0.4) is 0 Å². The molecule has 2 aromatic rings. The van der Waals surface area contributed by atoms with Crippen LogP contribution < -0.4 is 5.43 Å². The minimum Gasteiger partial charge on any atom is -0.449 e. The topological polar surface area (TPSA) is 68.5 Å². The van der Waals surface area contributed by atoms with Gasteiger partial charge in [-0.1, -0.05) is 19.9 Å². The van der Waals surface area contributed by atoms with Crippen molar-refractivity contribution in [3.8, 4) is 0 Å². The summed E-state index contributed by atoms with van der Waals surface area (Å²) in [7, 11) is 0. The van der Waals surface area contributed by atoms with Crippen LogP contribution in [0.5, 0.6) is 0 Å². The number of nitrogens with zero attached hydrogens (tertiary/aromatic N) is 1. The number of hydrogen-bond acceptors (Lipinski definition) is 4. The Hall–Kier alpha value is -0.698. The molecule has 0 atom stereocenters. The third kappa shape index (κ3) is 4.43. The van der Waals surface area contributed by atoms with Gasteiger partial charge in [-0.3, -0.25) is 9.36 Å². The summed E-state index contributed by atoms with van der Waals surface area (Å²) in [4.78, 5) is 24.7. The van der Waals surface area contributed by atoms with E-state index in [0.717, 1.165) is 5.56 Å². The summed E-state index contributed by atoms with van der Waals surface area (Å²) < 4.78 is 6.58. The Bertz CT molecular complexity index is 780. The van der Waals surface area contributed by atoms with Crippen LogP contribution in [0.4, 0.5) is 4.79 Å². The molecule has 2 rings (SSSR count). The number of carbonyl (C=O) groups excluding carboxylic acids is 1. The van der Waals surface area contributed by atoms with E-state index in [9.17, 15) is 14.7 Å². The summed E-state index contributed by atoms with van der Waals surface area (Å²) >= 11 is 0. The number of aryl methyl sites for hydroxylation is 2. The first-order valence-corrected chi connectivity index (χ1v) is 7.28. The zero-order valence-corrected chi connectivity index (χ0v) is 18.7. The number of ether oxygens (including phenoxy) is 1. The van der Waals surface area contributed by atoms with Crippen molar-refractivity contribution in [2.45, 2.75) is 34.3 Å². The van der Waals surface area contributed by atoms with Crippen molar-refractivity contribution >= 4 is 17.0 Å². The van der Waals surface area contributed by atoms with Crippen LogP contribution in [0.15, 0.2) is 23.1 Å². The molecule has 1 radical (unpaired) electrons. The van der Waals surface area contributed by atoms with Crippen molar-refractivity contribution in [3.05, 3.63) is 45.2 Å². The number of aliphatic hydroxyl groups is 1. The van der Waals surface area contributed by atoms with Crippen LogP contribution in [0.25, 0.3) is 10.9 Å². The molecule has 1 heterocycles. The first-order valence-electron chi connectivity index (χ1n) is 7.28. The minimum absolute atomic E-state index is 0. The Kier molecular flexibility index (Phi) is 7.44. The zero-order chi connectivity index (χ0) is 16.4. The maximum atomic E-state index is 12.3. The van der Waals surface area contributed by atoms with Crippen LogP contribution in [-0.4, -0.2) is 22.4 Å². The maximum absolute atomic E-state index is 12.3. The van der Waals surface area contributed by atoms with Gasteiger partial charge in [0.1, 0.15) is 0 Å². The van der Waals surface area contributed by atoms with Gasteiger partial charge in [0.25, 0.3) is 0 Å². The van der Waals surface area contributed by atoms with Crippen LogP contribution in [0, 0.1) is 63.8 Å². The normalized spacial score (nSPS) is 10.7. The monoisotopic (exact) mass is 530 g/mol. The van der Waals surface area contributed by atoms with E-state index in [1.54, 1.807) is 19.1 Å². The van der Waals surface area contributed by atoms with Gasteiger partial charge in [0.05, 0.1) is 18.7 Å². The zero-order valence-electron chi connectivity index (χ0n) is 13.9. The standard InChI is InChI=1S/C17H21NO4.Ac/c1-10(2)9-22-17(21)18-7-12(4)16(20)14-6-11(3)5-13(8-19)15(14)18;/h5-7,10,19H,8-9H2,1-4H3;. The number of carbonyl (C=O) groups is 1. The van der Waals surface area contributed by atoms with Gasteiger partial charge in [0.15, 0.2) is 5.43 Å².